The zero-order chi connectivity index (χ0) is 23.5. The van der Waals surface area contributed by atoms with Gasteiger partial charge in [0.05, 0.1) is 29.9 Å². The summed E-state index contributed by atoms with van der Waals surface area (Å²) in [4.78, 5) is 42.6. The predicted molar refractivity (Wildman–Crippen MR) is 110 cm³/mol. The second kappa shape index (κ2) is 9.68. The maximum atomic E-state index is 12.8. The van der Waals surface area contributed by atoms with Crippen molar-refractivity contribution in [3.05, 3.63) is 52.0 Å². The van der Waals surface area contributed by atoms with Crippen molar-refractivity contribution in [3.63, 3.8) is 0 Å². The minimum atomic E-state index is -5.08. The van der Waals surface area contributed by atoms with Crippen molar-refractivity contribution >= 4 is 29.1 Å². The van der Waals surface area contributed by atoms with Gasteiger partial charge in [0, 0.05) is 24.0 Å². The minimum absolute atomic E-state index is 0.0942. The molecular formula is C21H22F3N3O4S. The molecule has 4 rings (SSSR count). The molecule has 2 aliphatic rings. The number of aromatic nitrogens is 1. The summed E-state index contributed by atoms with van der Waals surface area (Å²) < 4.78 is 31.7. The standard InChI is InChI=1S/C19H21N3O2S.C2HF3O2/c1-13-3-2-4-15(20-13)11-22-17-7-9-21(16(17)5-6-18(22)23)19(24)14-8-10-25-12-14;3-2(4,5)1(6)7/h2-4,8,10,12,16-17H,5-7,9,11H2,1H3;(H,6,7)/t16-,17-;/m1./s1. The van der Waals surface area contributed by atoms with Crippen molar-refractivity contribution in [2.24, 2.45) is 0 Å². The van der Waals surface area contributed by atoms with E-state index in [1.165, 1.54) is 11.3 Å². The van der Waals surface area contributed by atoms with E-state index >= 15 is 0 Å². The highest BCUT2D eigenvalue weighted by atomic mass is 32.1. The zero-order valence-electron chi connectivity index (χ0n) is 17.2. The summed E-state index contributed by atoms with van der Waals surface area (Å²) in [5, 5.41) is 11.0. The van der Waals surface area contributed by atoms with E-state index in [1.54, 1.807) is 0 Å². The Kier molecular flexibility index (Phi) is 7.17. The molecule has 0 bridgehead atoms. The lowest BCUT2D eigenvalue weighted by Gasteiger charge is -2.39. The number of fused-ring (bicyclic) bond motifs is 1. The molecule has 2 aromatic rings. The maximum Gasteiger partial charge on any atom is 0.490 e. The van der Waals surface area contributed by atoms with Gasteiger partial charge in [-0.1, -0.05) is 6.07 Å². The van der Waals surface area contributed by atoms with Gasteiger partial charge in [-0.15, -0.1) is 0 Å². The summed E-state index contributed by atoms with van der Waals surface area (Å²) >= 11 is 1.54. The van der Waals surface area contributed by atoms with Gasteiger partial charge in [0.1, 0.15) is 0 Å². The van der Waals surface area contributed by atoms with Crippen LogP contribution in [0.15, 0.2) is 35.0 Å². The van der Waals surface area contributed by atoms with Crippen molar-refractivity contribution < 1.29 is 32.7 Å². The molecule has 2 atom stereocenters. The smallest absolute Gasteiger partial charge is 0.475 e. The van der Waals surface area contributed by atoms with Crippen molar-refractivity contribution in [1.82, 2.24) is 14.8 Å². The van der Waals surface area contributed by atoms with Crippen molar-refractivity contribution in [1.29, 1.82) is 0 Å². The van der Waals surface area contributed by atoms with E-state index in [-0.39, 0.29) is 23.9 Å². The van der Waals surface area contributed by atoms with Crippen LogP contribution in [0.2, 0.25) is 0 Å². The quantitative estimate of drug-likeness (QED) is 0.743. The Labute approximate surface area is 186 Å². The molecule has 2 saturated heterocycles. The fourth-order valence-electron chi connectivity index (χ4n) is 4.02. The average Bonchev–Trinajstić information content (AvgIpc) is 3.39. The van der Waals surface area contributed by atoms with Gasteiger partial charge < -0.3 is 14.9 Å². The lowest BCUT2D eigenvalue weighted by Crippen LogP contribution is -2.52. The topological polar surface area (TPSA) is 90.8 Å². The summed E-state index contributed by atoms with van der Waals surface area (Å²) in [6, 6.07) is 8.00. The second-order valence-corrected chi connectivity index (χ2v) is 8.35. The highest BCUT2D eigenvalue weighted by Crippen LogP contribution is 2.33. The number of thiophene rings is 1. The van der Waals surface area contributed by atoms with Crippen molar-refractivity contribution in [3.8, 4) is 0 Å². The number of nitrogens with zero attached hydrogens (tertiary/aromatic N) is 3. The molecule has 172 valence electrons. The summed E-state index contributed by atoms with van der Waals surface area (Å²) in [7, 11) is 0. The fraction of sp³-hybridized carbons (Fsp3) is 0.429. The van der Waals surface area contributed by atoms with Gasteiger partial charge in [-0.3, -0.25) is 14.6 Å². The lowest BCUT2D eigenvalue weighted by molar-refractivity contribution is -0.192. The number of amides is 2. The molecule has 2 aliphatic heterocycles. The third kappa shape index (κ3) is 5.45. The number of alkyl halides is 3. The van der Waals surface area contributed by atoms with Crippen LogP contribution in [0.25, 0.3) is 0 Å². The van der Waals surface area contributed by atoms with Crippen LogP contribution < -0.4 is 0 Å². The first kappa shape index (κ1) is 23.7. The highest BCUT2D eigenvalue weighted by Gasteiger charge is 2.45. The van der Waals surface area contributed by atoms with Gasteiger partial charge in [-0.05, 0) is 43.3 Å². The molecule has 4 heterocycles. The van der Waals surface area contributed by atoms with Crippen LogP contribution in [0.3, 0.4) is 0 Å². The predicted octanol–water partition coefficient (Wildman–Crippen LogP) is 3.49. The van der Waals surface area contributed by atoms with E-state index in [0.29, 0.717) is 13.0 Å². The number of aryl methyl sites for hydroxylation is 1. The second-order valence-electron chi connectivity index (χ2n) is 7.57. The first-order valence-corrected chi connectivity index (χ1v) is 10.9. The van der Waals surface area contributed by atoms with Crippen molar-refractivity contribution in [2.75, 3.05) is 6.54 Å². The van der Waals surface area contributed by atoms with E-state index in [1.807, 2.05) is 51.7 Å². The first-order chi connectivity index (χ1) is 15.1. The number of carboxylic acid groups (broad SMARTS) is 1. The zero-order valence-corrected chi connectivity index (χ0v) is 18.0. The van der Waals surface area contributed by atoms with Gasteiger partial charge in [-0.2, -0.15) is 24.5 Å². The Morgan fingerprint density at radius 2 is 1.94 bits per heavy atom. The van der Waals surface area contributed by atoms with E-state index in [2.05, 4.69) is 4.98 Å². The Bertz CT molecular complexity index is 981. The van der Waals surface area contributed by atoms with Gasteiger partial charge in [-0.25, -0.2) is 4.79 Å². The fourth-order valence-corrected chi connectivity index (χ4v) is 4.65. The molecule has 7 nitrogen and oxygen atoms in total. The monoisotopic (exact) mass is 469 g/mol. The molecule has 2 fully saturated rings. The van der Waals surface area contributed by atoms with Crippen LogP contribution in [0.5, 0.6) is 0 Å². The molecule has 0 radical (unpaired) electrons. The molecule has 11 heteroatoms. The minimum Gasteiger partial charge on any atom is -0.475 e. The molecule has 2 aromatic heterocycles. The van der Waals surface area contributed by atoms with Crippen LogP contribution in [0.1, 0.15) is 41.0 Å². The largest absolute Gasteiger partial charge is 0.490 e. The third-order valence-corrected chi connectivity index (χ3v) is 6.12. The van der Waals surface area contributed by atoms with E-state index in [9.17, 15) is 22.8 Å². The number of likely N-dealkylation sites (tertiary alicyclic amines) is 2. The third-order valence-electron chi connectivity index (χ3n) is 5.43. The molecule has 32 heavy (non-hydrogen) atoms. The number of hydrogen-bond donors (Lipinski definition) is 1. The normalized spacial score (nSPS) is 20.4. The first-order valence-electron chi connectivity index (χ1n) is 9.93. The lowest BCUT2D eigenvalue weighted by atomic mass is 9.95. The maximum absolute atomic E-state index is 12.8. The average molecular weight is 469 g/mol. The van der Waals surface area contributed by atoms with Gasteiger partial charge in [0.15, 0.2) is 0 Å². The Morgan fingerprint density at radius 1 is 1.22 bits per heavy atom. The Hall–Kier alpha value is -2.95. The molecule has 0 unspecified atom stereocenters. The number of carbonyl (C=O) groups excluding carboxylic acids is 2. The van der Waals surface area contributed by atoms with Crippen molar-refractivity contribution in [2.45, 2.75) is 51.0 Å². The van der Waals surface area contributed by atoms with Gasteiger partial charge in [0.2, 0.25) is 5.91 Å². The summed E-state index contributed by atoms with van der Waals surface area (Å²) in [6.07, 6.45) is -2.98. The number of aliphatic carboxylic acids is 1. The van der Waals surface area contributed by atoms with E-state index < -0.39 is 12.1 Å². The SMILES string of the molecule is Cc1cccc(CN2C(=O)CC[C@@H]3[C@H]2CCN3C(=O)c2ccsc2)n1.O=C(O)C(F)(F)F. The number of hydrogen-bond acceptors (Lipinski definition) is 5. The van der Waals surface area contributed by atoms with Crippen LogP contribution >= 0.6 is 11.3 Å². The van der Waals surface area contributed by atoms with Crippen LogP contribution in [-0.2, 0) is 16.1 Å². The van der Waals surface area contributed by atoms with E-state index in [0.717, 1.165) is 36.3 Å². The van der Waals surface area contributed by atoms with Crippen LogP contribution in [0.4, 0.5) is 13.2 Å². The number of piperidine rings is 1. The number of pyridine rings is 1. The number of halogens is 3. The number of rotatable bonds is 3. The summed E-state index contributed by atoms with van der Waals surface area (Å²) in [5.41, 5.74) is 2.63. The van der Waals surface area contributed by atoms with Crippen LogP contribution in [-0.4, -0.2) is 62.5 Å². The Morgan fingerprint density at radius 3 is 2.53 bits per heavy atom. The van der Waals surface area contributed by atoms with Gasteiger partial charge >= 0.3 is 12.1 Å². The molecule has 0 aromatic carbocycles. The summed E-state index contributed by atoms with van der Waals surface area (Å²) in [6.45, 7) is 3.21. The number of carbonyl (C=O) groups is 3. The van der Waals surface area contributed by atoms with Crippen LogP contribution in [0, 0.1) is 6.92 Å². The molecular weight excluding hydrogens is 447 g/mol. The number of carboxylic acids is 1. The molecule has 2 amide bonds. The molecule has 0 saturated carbocycles. The summed E-state index contributed by atoms with van der Waals surface area (Å²) in [5.74, 6) is -2.49. The van der Waals surface area contributed by atoms with Gasteiger partial charge in [0.25, 0.3) is 5.91 Å². The highest BCUT2D eigenvalue weighted by molar-refractivity contribution is 7.08. The Balaban J connectivity index is 0.000000360. The van der Waals surface area contributed by atoms with E-state index in [4.69, 9.17) is 9.90 Å². The molecule has 1 N–H and O–H groups in total. The molecule has 0 aliphatic carbocycles. The molecule has 0 spiro atoms.